The van der Waals surface area contributed by atoms with Crippen molar-refractivity contribution in [1.82, 2.24) is 9.78 Å². The molecule has 0 bridgehead atoms. The lowest BCUT2D eigenvalue weighted by Gasteiger charge is -2.09. The Morgan fingerprint density at radius 3 is 2.83 bits per heavy atom. The summed E-state index contributed by atoms with van der Waals surface area (Å²) in [7, 11) is 1.94. The molecule has 2 rings (SSSR count). The van der Waals surface area contributed by atoms with Crippen molar-refractivity contribution in [1.29, 1.82) is 0 Å². The van der Waals surface area contributed by atoms with Gasteiger partial charge in [0, 0.05) is 25.4 Å². The highest BCUT2D eigenvalue weighted by Gasteiger charge is 2.14. The first-order chi connectivity index (χ1) is 5.84. The highest BCUT2D eigenvalue weighted by atomic mass is 15.3. The van der Waals surface area contributed by atoms with Gasteiger partial charge in [0.2, 0.25) is 0 Å². The van der Waals surface area contributed by atoms with Gasteiger partial charge in [-0.25, -0.2) is 0 Å². The summed E-state index contributed by atoms with van der Waals surface area (Å²) in [6, 6.07) is 2.69. The summed E-state index contributed by atoms with van der Waals surface area (Å²) in [5.41, 5.74) is 0. The van der Waals surface area contributed by atoms with E-state index >= 15 is 0 Å². The molecule has 1 aromatic rings. The highest BCUT2D eigenvalue weighted by Crippen LogP contribution is 2.20. The number of anilines is 1. The number of nitrogens with zero attached hydrogens (tertiary/aromatic N) is 2. The number of aryl methyl sites for hydroxylation is 1. The third kappa shape index (κ3) is 1.60. The fraction of sp³-hybridized carbons (Fsp3) is 0.667. The first kappa shape index (κ1) is 7.65. The van der Waals surface area contributed by atoms with Gasteiger partial charge < -0.3 is 5.32 Å². The lowest BCUT2D eigenvalue weighted by atomic mass is 10.2. The van der Waals surface area contributed by atoms with Crippen LogP contribution in [0, 0.1) is 0 Å². The third-order valence-corrected chi connectivity index (χ3v) is 2.42. The van der Waals surface area contributed by atoms with Crippen LogP contribution in [0.15, 0.2) is 12.3 Å². The normalized spacial score (nSPS) is 18.4. The molecule has 1 aliphatic carbocycles. The van der Waals surface area contributed by atoms with Crippen LogP contribution in [0.4, 0.5) is 5.82 Å². The van der Waals surface area contributed by atoms with Crippen molar-refractivity contribution < 1.29 is 0 Å². The summed E-state index contributed by atoms with van der Waals surface area (Å²) in [5.74, 6) is 1.02. The SMILES string of the molecule is Cn1ccc(NC2CCCC2)n1. The number of hydrogen-bond acceptors (Lipinski definition) is 2. The maximum Gasteiger partial charge on any atom is 0.148 e. The van der Waals surface area contributed by atoms with Crippen LogP contribution in [0.3, 0.4) is 0 Å². The molecule has 0 radical (unpaired) electrons. The number of rotatable bonds is 2. The van der Waals surface area contributed by atoms with Gasteiger partial charge in [-0.15, -0.1) is 0 Å². The zero-order valence-corrected chi connectivity index (χ0v) is 7.45. The summed E-state index contributed by atoms with van der Waals surface area (Å²) < 4.78 is 1.83. The number of nitrogens with one attached hydrogen (secondary N) is 1. The van der Waals surface area contributed by atoms with Crippen LogP contribution < -0.4 is 5.32 Å². The van der Waals surface area contributed by atoms with Crippen LogP contribution in [-0.2, 0) is 7.05 Å². The van der Waals surface area contributed by atoms with Gasteiger partial charge in [0.1, 0.15) is 5.82 Å². The molecule has 0 atom stereocenters. The zero-order valence-electron chi connectivity index (χ0n) is 7.45. The number of aromatic nitrogens is 2. The van der Waals surface area contributed by atoms with E-state index < -0.39 is 0 Å². The fourth-order valence-corrected chi connectivity index (χ4v) is 1.77. The quantitative estimate of drug-likeness (QED) is 0.723. The Morgan fingerprint density at radius 2 is 2.25 bits per heavy atom. The molecule has 1 fully saturated rings. The Morgan fingerprint density at radius 1 is 1.50 bits per heavy atom. The standard InChI is InChI=1S/C9H15N3/c1-12-7-6-9(11-12)10-8-4-2-3-5-8/h6-8H,2-5H2,1H3,(H,10,11). The topological polar surface area (TPSA) is 29.9 Å². The van der Waals surface area contributed by atoms with E-state index in [1.54, 1.807) is 0 Å². The van der Waals surface area contributed by atoms with Gasteiger partial charge in [-0.05, 0) is 12.8 Å². The number of hydrogen-bond donors (Lipinski definition) is 1. The van der Waals surface area contributed by atoms with Gasteiger partial charge in [0.15, 0.2) is 0 Å². The summed E-state index contributed by atoms with van der Waals surface area (Å²) in [6.07, 6.45) is 7.30. The molecule has 12 heavy (non-hydrogen) atoms. The molecule has 0 aliphatic heterocycles. The smallest absolute Gasteiger partial charge is 0.148 e. The van der Waals surface area contributed by atoms with Crippen molar-refractivity contribution in [2.75, 3.05) is 5.32 Å². The Labute approximate surface area is 72.8 Å². The van der Waals surface area contributed by atoms with Crippen LogP contribution in [0.25, 0.3) is 0 Å². The Kier molecular flexibility index (Phi) is 2.02. The molecule has 3 heteroatoms. The van der Waals surface area contributed by atoms with E-state index in [-0.39, 0.29) is 0 Å². The molecule has 1 aliphatic rings. The van der Waals surface area contributed by atoms with Crippen LogP contribution in [0.2, 0.25) is 0 Å². The molecule has 1 N–H and O–H groups in total. The lowest BCUT2D eigenvalue weighted by molar-refractivity contribution is 0.728. The average molecular weight is 165 g/mol. The molecular weight excluding hydrogens is 150 g/mol. The molecular formula is C9H15N3. The summed E-state index contributed by atoms with van der Waals surface area (Å²) in [4.78, 5) is 0. The molecule has 0 amide bonds. The lowest BCUT2D eigenvalue weighted by Crippen LogP contribution is -2.14. The van der Waals surface area contributed by atoms with Crippen molar-refractivity contribution in [2.45, 2.75) is 31.7 Å². The minimum Gasteiger partial charge on any atom is -0.366 e. The van der Waals surface area contributed by atoms with E-state index in [9.17, 15) is 0 Å². The maximum absolute atomic E-state index is 4.28. The maximum atomic E-state index is 4.28. The Balaban J connectivity index is 1.94. The minimum atomic E-state index is 0.667. The average Bonchev–Trinajstić information content (AvgIpc) is 2.63. The summed E-state index contributed by atoms with van der Waals surface area (Å²) in [5, 5.41) is 7.71. The van der Waals surface area contributed by atoms with E-state index in [1.165, 1.54) is 25.7 Å². The van der Waals surface area contributed by atoms with Crippen molar-refractivity contribution in [3.63, 3.8) is 0 Å². The predicted molar refractivity (Wildman–Crippen MR) is 49.1 cm³/mol. The first-order valence-electron chi connectivity index (χ1n) is 4.61. The molecule has 66 valence electrons. The van der Waals surface area contributed by atoms with Crippen LogP contribution >= 0.6 is 0 Å². The molecule has 0 saturated heterocycles. The van der Waals surface area contributed by atoms with Gasteiger partial charge in [0.25, 0.3) is 0 Å². The van der Waals surface area contributed by atoms with Gasteiger partial charge in [-0.1, -0.05) is 12.8 Å². The second-order valence-electron chi connectivity index (χ2n) is 3.50. The van der Waals surface area contributed by atoms with Crippen molar-refractivity contribution in [3.8, 4) is 0 Å². The van der Waals surface area contributed by atoms with Crippen LogP contribution in [0.5, 0.6) is 0 Å². The largest absolute Gasteiger partial charge is 0.366 e. The zero-order chi connectivity index (χ0) is 8.39. The molecule has 0 spiro atoms. The van der Waals surface area contributed by atoms with Crippen molar-refractivity contribution in [2.24, 2.45) is 7.05 Å². The minimum absolute atomic E-state index is 0.667. The van der Waals surface area contributed by atoms with E-state index in [2.05, 4.69) is 10.4 Å². The summed E-state index contributed by atoms with van der Waals surface area (Å²) >= 11 is 0. The second kappa shape index (κ2) is 3.17. The summed E-state index contributed by atoms with van der Waals surface area (Å²) in [6.45, 7) is 0. The second-order valence-corrected chi connectivity index (χ2v) is 3.50. The highest BCUT2D eigenvalue weighted by molar-refractivity contribution is 5.33. The van der Waals surface area contributed by atoms with E-state index in [1.807, 2.05) is 24.0 Å². The molecule has 1 aromatic heterocycles. The van der Waals surface area contributed by atoms with Gasteiger partial charge in [0.05, 0.1) is 0 Å². The van der Waals surface area contributed by atoms with E-state index in [0.29, 0.717) is 6.04 Å². The predicted octanol–water partition coefficient (Wildman–Crippen LogP) is 1.77. The molecule has 0 aromatic carbocycles. The van der Waals surface area contributed by atoms with Gasteiger partial charge >= 0.3 is 0 Å². The van der Waals surface area contributed by atoms with Gasteiger partial charge in [-0.2, -0.15) is 5.10 Å². The van der Waals surface area contributed by atoms with E-state index in [4.69, 9.17) is 0 Å². The Hall–Kier alpha value is -0.990. The third-order valence-electron chi connectivity index (χ3n) is 2.42. The van der Waals surface area contributed by atoms with Crippen molar-refractivity contribution in [3.05, 3.63) is 12.3 Å². The van der Waals surface area contributed by atoms with E-state index in [0.717, 1.165) is 5.82 Å². The van der Waals surface area contributed by atoms with Crippen LogP contribution in [-0.4, -0.2) is 15.8 Å². The monoisotopic (exact) mass is 165 g/mol. The molecule has 0 unspecified atom stereocenters. The van der Waals surface area contributed by atoms with Crippen LogP contribution in [0.1, 0.15) is 25.7 Å². The van der Waals surface area contributed by atoms with Crippen molar-refractivity contribution >= 4 is 5.82 Å². The molecule has 3 nitrogen and oxygen atoms in total. The Bertz CT molecular complexity index is 248. The molecule has 1 saturated carbocycles. The fourth-order valence-electron chi connectivity index (χ4n) is 1.77. The van der Waals surface area contributed by atoms with Gasteiger partial charge in [-0.3, -0.25) is 4.68 Å². The molecule has 1 heterocycles. The first-order valence-corrected chi connectivity index (χ1v) is 4.61.